The Hall–Kier alpha value is -3.96. The van der Waals surface area contributed by atoms with Gasteiger partial charge in [-0.1, -0.05) is 18.2 Å². The predicted molar refractivity (Wildman–Crippen MR) is 125 cm³/mol. The van der Waals surface area contributed by atoms with Crippen LogP contribution in [0.1, 0.15) is 22.8 Å². The minimum absolute atomic E-state index is 0.00552. The molecule has 0 saturated carbocycles. The lowest BCUT2D eigenvalue weighted by atomic mass is 9.61. The average molecular weight is 495 g/mol. The number of aliphatic hydroxyl groups is 2. The number of hydrogen-bond donors (Lipinski definition) is 5. The summed E-state index contributed by atoms with van der Waals surface area (Å²) in [5.74, 6) is -6.55. The van der Waals surface area contributed by atoms with Crippen molar-refractivity contribution in [3.8, 4) is 11.5 Å². The van der Waals surface area contributed by atoms with Gasteiger partial charge in [-0.25, -0.2) is 0 Å². The second-order valence-corrected chi connectivity index (χ2v) is 9.48. The van der Waals surface area contributed by atoms with E-state index in [1.165, 1.54) is 13.0 Å². The number of hydrogen-bond acceptors (Lipinski definition) is 9. The van der Waals surface area contributed by atoms with E-state index in [-0.39, 0.29) is 42.1 Å². The summed E-state index contributed by atoms with van der Waals surface area (Å²) in [4.78, 5) is 54.5. The van der Waals surface area contributed by atoms with E-state index in [9.17, 15) is 39.6 Å². The first-order valence-corrected chi connectivity index (χ1v) is 11.5. The van der Waals surface area contributed by atoms with E-state index >= 15 is 0 Å². The molecule has 11 nitrogen and oxygen atoms in total. The SMILES string of the molecule is CC(=O)N1CCN([C@H]2C(=O)C(C(N)=O)=C(O)[C@@]3(O)C(=O)c4c(cc5cccc(O)c5c4O)C[C@@H]23)CC1. The van der Waals surface area contributed by atoms with E-state index in [0.717, 1.165) is 0 Å². The van der Waals surface area contributed by atoms with Gasteiger partial charge in [-0.2, -0.15) is 0 Å². The van der Waals surface area contributed by atoms with Gasteiger partial charge in [0.15, 0.2) is 11.4 Å². The number of nitrogens with zero attached hydrogens (tertiary/aromatic N) is 2. The Balaban J connectivity index is 1.70. The molecule has 2 aromatic carbocycles. The molecule has 0 bridgehead atoms. The maximum atomic E-state index is 13.8. The molecule has 36 heavy (non-hydrogen) atoms. The Morgan fingerprint density at radius 3 is 2.36 bits per heavy atom. The molecule has 1 aliphatic heterocycles. The molecule has 2 aliphatic carbocycles. The number of rotatable bonds is 2. The van der Waals surface area contributed by atoms with Gasteiger partial charge in [-0.15, -0.1) is 0 Å². The van der Waals surface area contributed by atoms with Crippen molar-refractivity contribution in [3.63, 3.8) is 0 Å². The summed E-state index contributed by atoms with van der Waals surface area (Å²) in [5, 5.41) is 44.3. The van der Waals surface area contributed by atoms with Crippen molar-refractivity contribution >= 4 is 34.2 Å². The average Bonchev–Trinajstić information content (AvgIpc) is 2.81. The van der Waals surface area contributed by atoms with Crippen LogP contribution in [0, 0.1) is 5.92 Å². The molecule has 6 N–H and O–H groups in total. The monoisotopic (exact) mass is 495 g/mol. The van der Waals surface area contributed by atoms with Crippen molar-refractivity contribution in [2.24, 2.45) is 11.7 Å². The summed E-state index contributed by atoms with van der Waals surface area (Å²) in [7, 11) is 0. The molecule has 3 atom stereocenters. The minimum Gasteiger partial charge on any atom is -0.508 e. The normalized spacial score (nSPS) is 26.7. The highest BCUT2D eigenvalue weighted by Crippen LogP contribution is 2.49. The van der Waals surface area contributed by atoms with Crippen molar-refractivity contribution in [2.45, 2.75) is 25.0 Å². The Kier molecular flexibility index (Phi) is 5.31. The second kappa shape index (κ2) is 8.04. The maximum absolute atomic E-state index is 13.8. The topological polar surface area (TPSA) is 182 Å². The smallest absolute Gasteiger partial charge is 0.255 e. The van der Waals surface area contributed by atoms with Crippen LogP contribution in [0.25, 0.3) is 10.8 Å². The molecule has 1 fully saturated rings. The maximum Gasteiger partial charge on any atom is 0.255 e. The predicted octanol–water partition coefficient (Wildman–Crippen LogP) is -0.250. The van der Waals surface area contributed by atoms with E-state index in [4.69, 9.17) is 5.73 Å². The number of phenolic OH excluding ortho intramolecular Hbond substituents is 2. The fraction of sp³-hybridized carbons (Fsp3) is 0.360. The highest BCUT2D eigenvalue weighted by Gasteiger charge is 2.62. The Morgan fingerprint density at radius 2 is 1.75 bits per heavy atom. The molecule has 0 radical (unpaired) electrons. The molecule has 0 spiro atoms. The van der Waals surface area contributed by atoms with Crippen molar-refractivity contribution in [1.82, 2.24) is 9.80 Å². The van der Waals surface area contributed by atoms with Crippen LogP contribution in [0.2, 0.25) is 0 Å². The zero-order valence-electron chi connectivity index (χ0n) is 19.4. The number of ketones is 2. The fourth-order valence-corrected chi connectivity index (χ4v) is 5.87. The van der Waals surface area contributed by atoms with E-state index in [1.807, 2.05) is 0 Å². The number of primary amides is 1. The van der Waals surface area contributed by atoms with E-state index in [2.05, 4.69) is 0 Å². The van der Waals surface area contributed by atoms with Crippen LogP contribution in [0.3, 0.4) is 0 Å². The quantitative estimate of drug-likeness (QED) is 0.351. The van der Waals surface area contributed by atoms with Crippen LogP contribution in [-0.2, 0) is 20.8 Å². The number of piperazine rings is 1. The number of aliphatic hydroxyl groups excluding tert-OH is 1. The van der Waals surface area contributed by atoms with Gasteiger partial charge < -0.3 is 31.1 Å². The van der Waals surface area contributed by atoms with Crippen molar-refractivity contribution in [1.29, 1.82) is 0 Å². The van der Waals surface area contributed by atoms with Crippen LogP contribution in [0.5, 0.6) is 11.5 Å². The number of phenols is 2. The molecule has 1 saturated heterocycles. The molecule has 2 amide bonds. The van der Waals surface area contributed by atoms with Crippen LogP contribution in [0.15, 0.2) is 35.6 Å². The van der Waals surface area contributed by atoms with E-state index in [0.29, 0.717) is 24.0 Å². The first-order chi connectivity index (χ1) is 17.0. The largest absolute Gasteiger partial charge is 0.508 e. The number of benzene rings is 2. The molecule has 188 valence electrons. The van der Waals surface area contributed by atoms with Crippen molar-refractivity contribution < 1.29 is 39.6 Å². The number of amides is 2. The fourth-order valence-electron chi connectivity index (χ4n) is 5.87. The summed E-state index contributed by atoms with van der Waals surface area (Å²) in [5.41, 5.74) is 1.81. The number of carbonyl (C=O) groups excluding carboxylic acids is 4. The van der Waals surface area contributed by atoms with Gasteiger partial charge in [0.05, 0.1) is 17.0 Å². The lowest BCUT2D eigenvalue weighted by Gasteiger charge is -2.50. The number of Topliss-reactive ketones (excluding diaryl/α,β-unsaturated/α-hetero) is 2. The molecular weight excluding hydrogens is 470 g/mol. The molecular formula is C25H25N3O8. The van der Waals surface area contributed by atoms with Crippen LogP contribution in [-0.4, -0.2) is 91.4 Å². The molecule has 0 aromatic heterocycles. The molecule has 0 unspecified atom stereocenters. The van der Waals surface area contributed by atoms with E-state index < -0.39 is 52.1 Å². The van der Waals surface area contributed by atoms with Crippen molar-refractivity contribution in [2.75, 3.05) is 26.2 Å². The number of aromatic hydroxyl groups is 2. The summed E-state index contributed by atoms with van der Waals surface area (Å²) < 4.78 is 0. The summed E-state index contributed by atoms with van der Waals surface area (Å²) in [6.07, 6.45) is -0.101. The zero-order valence-corrected chi connectivity index (χ0v) is 19.4. The van der Waals surface area contributed by atoms with Gasteiger partial charge in [0.1, 0.15) is 22.8 Å². The van der Waals surface area contributed by atoms with Gasteiger partial charge in [0.2, 0.25) is 11.7 Å². The third kappa shape index (κ3) is 3.12. The van der Waals surface area contributed by atoms with E-state index in [1.54, 1.807) is 28.0 Å². The Labute approximate surface area is 205 Å². The van der Waals surface area contributed by atoms with Crippen LogP contribution in [0.4, 0.5) is 0 Å². The molecule has 11 heteroatoms. The standard InChI is InChI=1S/C25H25N3O8/c1-11(29)27-5-7-28(8-6-27)19-14-10-13-9-12-3-2-4-15(30)16(12)20(31)17(13)22(33)25(14,36)23(34)18(21(19)32)24(26)35/h2-4,9,14,19,30-31,34,36H,5-8,10H2,1H3,(H2,26,35)/t14-,19+,25-/m0/s1. The Morgan fingerprint density at radius 1 is 1.08 bits per heavy atom. The third-order valence-electron chi connectivity index (χ3n) is 7.64. The second-order valence-electron chi connectivity index (χ2n) is 9.48. The lowest BCUT2D eigenvalue weighted by molar-refractivity contribution is -0.137. The summed E-state index contributed by atoms with van der Waals surface area (Å²) in [6, 6.07) is 4.92. The van der Waals surface area contributed by atoms with Gasteiger partial charge in [-0.05, 0) is 23.4 Å². The van der Waals surface area contributed by atoms with Gasteiger partial charge in [-0.3, -0.25) is 24.1 Å². The minimum atomic E-state index is -2.72. The first-order valence-electron chi connectivity index (χ1n) is 11.5. The molecule has 3 aliphatic rings. The molecule has 5 rings (SSSR count). The van der Waals surface area contributed by atoms with Gasteiger partial charge in [0, 0.05) is 39.0 Å². The first kappa shape index (κ1) is 23.8. The third-order valence-corrected chi connectivity index (χ3v) is 7.64. The van der Waals surface area contributed by atoms with Crippen LogP contribution >= 0.6 is 0 Å². The molecule has 2 aromatic rings. The Bertz CT molecular complexity index is 1390. The lowest BCUT2D eigenvalue weighted by Crippen LogP contribution is -2.67. The highest BCUT2D eigenvalue weighted by molar-refractivity contribution is 6.25. The summed E-state index contributed by atoms with van der Waals surface area (Å²) in [6.45, 7) is 2.47. The number of nitrogens with two attached hydrogens (primary N) is 1. The van der Waals surface area contributed by atoms with Crippen molar-refractivity contribution in [3.05, 3.63) is 46.7 Å². The highest BCUT2D eigenvalue weighted by atomic mass is 16.3. The van der Waals surface area contributed by atoms with Gasteiger partial charge >= 0.3 is 0 Å². The van der Waals surface area contributed by atoms with Gasteiger partial charge in [0.25, 0.3) is 5.91 Å². The number of fused-ring (bicyclic) bond motifs is 3. The van der Waals surface area contributed by atoms with Crippen LogP contribution < -0.4 is 5.73 Å². The summed E-state index contributed by atoms with van der Waals surface area (Å²) >= 11 is 0. The number of carbonyl (C=O) groups is 4. The molecule has 1 heterocycles. The zero-order chi connectivity index (χ0) is 26.1.